The molecule has 0 N–H and O–H groups in total. The maximum atomic E-state index is 13.8. The second-order valence-corrected chi connectivity index (χ2v) is 3.88. The van der Waals surface area contributed by atoms with E-state index in [-0.39, 0.29) is 17.7 Å². The molecule has 0 fully saturated rings. The second kappa shape index (κ2) is 6.31. The Labute approximate surface area is 110 Å². The van der Waals surface area contributed by atoms with E-state index in [1.165, 1.54) is 32.2 Å². The number of benzene rings is 1. The maximum Gasteiger partial charge on any atom is 0.343 e. The Bertz CT molecular complexity index is 470. The summed E-state index contributed by atoms with van der Waals surface area (Å²) in [6.45, 7) is 4.51. The molecule has 0 unspecified atom stereocenters. The van der Waals surface area contributed by atoms with Crippen LogP contribution in [-0.2, 0) is 15.5 Å². The molecule has 0 aliphatic heterocycles. The molecule has 104 valence electrons. The van der Waals surface area contributed by atoms with E-state index in [1.807, 2.05) is 0 Å². The predicted octanol–water partition coefficient (Wildman–Crippen LogP) is 3.38. The molecule has 0 amide bonds. The van der Waals surface area contributed by atoms with E-state index >= 15 is 0 Å². The van der Waals surface area contributed by atoms with Crippen molar-refractivity contribution in [1.82, 2.24) is 0 Å². The van der Waals surface area contributed by atoms with Crippen LogP contribution in [0.5, 0.6) is 5.75 Å². The van der Waals surface area contributed by atoms with Crippen molar-refractivity contribution in [3.05, 3.63) is 35.9 Å². The molecule has 1 aromatic rings. The summed E-state index contributed by atoms with van der Waals surface area (Å²) in [7, 11) is 1.20. The molecular formula is C14H16F2O3. The van der Waals surface area contributed by atoms with Crippen molar-refractivity contribution in [3.8, 4) is 5.75 Å². The van der Waals surface area contributed by atoms with Gasteiger partial charge in [-0.15, -0.1) is 0 Å². The normalized spacial score (nSPS) is 10.9. The standard InChI is InChI=1S/C14H16F2O3/c1-4-10-6-7-12(19-9-13(17)18-3)11(8-10)14(15,16)5-2/h4,6-8H,1,5,9H2,2-3H3. The van der Waals surface area contributed by atoms with Gasteiger partial charge >= 0.3 is 5.97 Å². The lowest BCUT2D eigenvalue weighted by Gasteiger charge is -2.19. The van der Waals surface area contributed by atoms with Crippen LogP contribution in [0.3, 0.4) is 0 Å². The highest BCUT2D eigenvalue weighted by Crippen LogP contribution is 2.38. The van der Waals surface area contributed by atoms with Crippen molar-refractivity contribution >= 4 is 12.0 Å². The average Bonchev–Trinajstić information content (AvgIpc) is 2.44. The van der Waals surface area contributed by atoms with Crippen LogP contribution < -0.4 is 4.74 Å². The molecule has 0 atom stereocenters. The van der Waals surface area contributed by atoms with Gasteiger partial charge in [0.2, 0.25) is 0 Å². The van der Waals surface area contributed by atoms with Gasteiger partial charge in [-0.1, -0.05) is 25.6 Å². The molecule has 19 heavy (non-hydrogen) atoms. The van der Waals surface area contributed by atoms with Gasteiger partial charge in [0.15, 0.2) is 6.61 Å². The van der Waals surface area contributed by atoms with Gasteiger partial charge in [0, 0.05) is 6.42 Å². The first-order chi connectivity index (χ1) is 8.94. The van der Waals surface area contributed by atoms with E-state index in [0.717, 1.165) is 0 Å². The molecule has 0 bridgehead atoms. The number of esters is 1. The molecule has 1 aromatic carbocycles. The monoisotopic (exact) mass is 270 g/mol. The van der Waals surface area contributed by atoms with Crippen molar-refractivity contribution in [2.75, 3.05) is 13.7 Å². The molecule has 5 heteroatoms. The van der Waals surface area contributed by atoms with Crippen molar-refractivity contribution in [2.24, 2.45) is 0 Å². The average molecular weight is 270 g/mol. The van der Waals surface area contributed by atoms with Crippen molar-refractivity contribution in [2.45, 2.75) is 19.3 Å². The summed E-state index contributed by atoms with van der Waals surface area (Å²) >= 11 is 0. The lowest BCUT2D eigenvalue weighted by molar-refractivity contribution is -0.143. The van der Waals surface area contributed by atoms with Gasteiger partial charge < -0.3 is 9.47 Å². The molecule has 0 saturated carbocycles. The summed E-state index contributed by atoms with van der Waals surface area (Å²) in [5.74, 6) is -3.67. The fourth-order valence-corrected chi connectivity index (χ4v) is 1.47. The number of alkyl halides is 2. The smallest absolute Gasteiger partial charge is 0.343 e. The van der Waals surface area contributed by atoms with Crippen molar-refractivity contribution < 1.29 is 23.0 Å². The van der Waals surface area contributed by atoms with Gasteiger partial charge in [-0.05, 0) is 17.7 Å². The first-order valence-electron chi connectivity index (χ1n) is 5.79. The van der Waals surface area contributed by atoms with E-state index in [4.69, 9.17) is 4.74 Å². The number of rotatable bonds is 6. The van der Waals surface area contributed by atoms with E-state index < -0.39 is 18.5 Å². The highest BCUT2D eigenvalue weighted by Gasteiger charge is 2.33. The van der Waals surface area contributed by atoms with Crippen LogP contribution in [0, 0.1) is 0 Å². The highest BCUT2D eigenvalue weighted by molar-refractivity contribution is 5.71. The summed E-state index contributed by atoms with van der Waals surface area (Å²) in [6, 6.07) is 4.30. The third-order valence-corrected chi connectivity index (χ3v) is 2.65. The van der Waals surface area contributed by atoms with Crippen LogP contribution in [0.4, 0.5) is 8.78 Å². The molecular weight excluding hydrogens is 254 g/mol. The highest BCUT2D eigenvalue weighted by atomic mass is 19.3. The zero-order chi connectivity index (χ0) is 14.5. The number of hydrogen-bond donors (Lipinski definition) is 0. The number of hydrogen-bond acceptors (Lipinski definition) is 3. The fourth-order valence-electron chi connectivity index (χ4n) is 1.47. The molecule has 0 aliphatic carbocycles. The minimum atomic E-state index is -3.02. The molecule has 3 nitrogen and oxygen atoms in total. The molecule has 1 rings (SSSR count). The quantitative estimate of drug-likeness (QED) is 0.743. The van der Waals surface area contributed by atoms with Crippen LogP contribution in [0.1, 0.15) is 24.5 Å². The topological polar surface area (TPSA) is 35.5 Å². The zero-order valence-corrected chi connectivity index (χ0v) is 10.9. The SMILES string of the molecule is C=Cc1ccc(OCC(=O)OC)c(C(F)(F)CC)c1. The van der Waals surface area contributed by atoms with Crippen LogP contribution in [-0.4, -0.2) is 19.7 Å². The van der Waals surface area contributed by atoms with Crippen LogP contribution in [0.25, 0.3) is 6.08 Å². The number of halogens is 2. The van der Waals surface area contributed by atoms with E-state index in [1.54, 1.807) is 6.07 Å². The molecule has 0 radical (unpaired) electrons. The van der Waals surface area contributed by atoms with Gasteiger partial charge in [0.1, 0.15) is 5.75 Å². The number of methoxy groups -OCH3 is 1. The molecule has 0 aromatic heterocycles. The third kappa shape index (κ3) is 3.77. The summed E-state index contributed by atoms with van der Waals surface area (Å²) in [5, 5.41) is 0. The molecule has 0 aliphatic rings. The van der Waals surface area contributed by atoms with Crippen LogP contribution in [0.15, 0.2) is 24.8 Å². The molecule has 0 saturated heterocycles. The lowest BCUT2D eigenvalue weighted by Crippen LogP contribution is -2.17. The summed E-state index contributed by atoms with van der Waals surface area (Å²) < 4.78 is 37.2. The van der Waals surface area contributed by atoms with Crippen molar-refractivity contribution in [3.63, 3.8) is 0 Å². The third-order valence-electron chi connectivity index (χ3n) is 2.65. The Morgan fingerprint density at radius 1 is 1.47 bits per heavy atom. The fraction of sp³-hybridized carbons (Fsp3) is 0.357. The Morgan fingerprint density at radius 2 is 2.16 bits per heavy atom. The van der Waals surface area contributed by atoms with Crippen molar-refractivity contribution in [1.29, 1.82) is 0 Å². The first-order valence-corrected chi connectivity index (χ1v) is 5.79. The van der Waals surface area contributed by atoms with Gasteiger partial charge in [0.05, 0.1) is 12.7 Å². The maximum absolute atomic E-state index is 13.8. The minimum absolute atomic E-state index is 0.0251. The largest absolute Gasteiger partial charge is 0.481 e. The minimum Gasteiger partial charge on any atom is -0.481 e. The number of ether oxygens (including phenoxy) is 2. The zero-order valence-electron chi connectivity index (χ0n) is 10.9. The molecule has 0 spiro atoms. The summed E-state index contributed by atoms with van der Waals surface area (Å²) in [5.41, 5.74) is 0.310. The number of carbonyl (C=O) groups excluding carboxylic acids is 1. The first kappa shape index (κ1) is 15.1. The Balaban J connectivity index is 3.09. The van der Waals surface area contributed by atoms with Gasteiger partial charge in [-0.2, -0.15) is 0 Å². The van der Waals surface area contributed by atoms with Gasteiger partial charge in [-0.25, -0.2) is 13.6 Å². The Morgan fingerprint density at radius 3 is 2.68 bits per heavy atom. The lowest BCUT2D eigenvalue weighted by atomic mass is 10.0. The second-order valence-electron chi connectivity index (χ2n) is 3.88. The van der Waals surface area contributed by atoms with Gasteiger partial charge in [-0.3, -0.25) is 0 Å². The summed E-state index contributed by atoms with van der Waals surface area (Å²) in [6.07, 6.45) is 1.11. The van der Waals surface area contributed by atoms with E-state index in [0.29, 0.717) is 5.56 Å². The number of carbonyl (C=O) groups is 1. The van der Waals surface area contributed by atoms with Gasteiger partial charge in [0.25, 0.3) is 5.92 Å². The van der Waals surface area contributed by atoms with E-state index in [9.17, 15) is 13.6 Å². The Hall–Kier alpha value is -1.91. The Kier molecular flexibility index (Phi) is 5.03. The predicted molar refractivity (Wildman–Crippen MR) is 68.2 cm³/mol. The van der Waals surface area contributed by atoms with Crippen LogP contribution in [0.2, 0.25) is 0 Å². The van der Waals surface area contributed by atoms with E-state index in [2.05, 4.69) is 11.3 Å². The summed E-state index contributed by atoms with van der Waals surface area (Å²) in [4.78, 5) is 11.0. The van der Waals surface area contributed by atoms with Crippen LogP contribution >= 0.6 is 0 Å². The molecule has 0 heterocycles.